The van der Waals surface area contributed by atoms with Crippen LogP contribution >= 0.6 is 0 Å². The van der Waals surface area contributed by atoms with Gasteiger partial charge in [0.1, 0.15) is 11.4 Å². The number of aromatic nitrogens is 2. The molecule has 5 nitrogen and oxygen atoms in total. The van der Waals surface area contributed by atoms with Crippen LogP contribution in [0.1, 0.15) is 24.1 Å². The summed E-state index contributed by atoms with van der Waals surface area (Å²) in [7, 11) is 1.59. The summed E-state index contributed by atoms with van der Waals surface area (Å²) >= 11 is 0. The lowest BCUT2D eigenvalue weighted by molar-refractivity contribution is -0.141. The molecule has 1 saturated heterocycles. The maximum Gasteiger partial charge on any atom is 0.433 e. The monoisotopic (exact) mass is 379 g/mol. The van der Waals surface area contributed by atoms with Crippen LogP contribution in [0, 0.1) is 5.41 Å². The maximum atomic E-state index is 12.6. The van der Waals surface area contributed by atoms with Gasteiger partial charge >= 0.3 is 6.18 Å². The Bertz CT molecular complexity index is 825. The lowest BCUT2D eigenvalue weighted by Crippen LogP contribution is -2.68. The highest BCUT2D eigenvalue weighted by atomic mass is 19.4. The minimum atomic E-state index is -4.42. The normalized spacial score (nSPS) is 20.1. The van der Waals surface area contributed by atoms with E-state index in [1.54, 1.807) is 25.6 Å². The average Bonchev–Trinajstić information content (AvgIpc) is 2.57. The largest absolute Gasteiger partial charge is 0.496 e. The first-order chi connectivity index (χ1) is 12.7. The topological polar surface area (TPSA) is 58.5 Å². The lowest BCUT2D eigenvalue weighted by Gasteiger charge is -2.63. The molecule has 1 spiro atoms. The molecule has 1 N–H and O–H groups in total. The lowest BCUT2D eigenvalue weighted by atomic mass is 9.54. The van der Waals surface area contributed by atoms with Crippen molar-refractivity contribution in [2.45, 2.75) is 31.0 Å². The Kier molecular flexibility index (Phi) is 4.06. The van der Waals surface area contributed by atoms with E-state index in [4.69, 9.17) is 4.74 Å². The predicted molar refractivity (Wildman–Crippen MR) is 92.6 cm³/mol. The third-order valence-electron chi connectivity index (χ3n) is 5.46. The van der Waals surface area contributed by atoms with Gasteiger partial charge in [-0.05, 0) is 31.0 Å². The van der Waals surface area contributed by atoms with Gasteiger partial charge in [0.2, 0.25) is 0 Å². The third-order valence-corrected chi connectivity index (χ3v) is 5.46. The van der Waals surface area contributed by atoms with E-state index in [0.29, 0.717) is 43.8 Å². The minimum absolute atomic E-state index is 0.0207. The van der Waals surface area contributed by atoms with E-state index < -0.39 is 17.5 Å². The zero-order valence-electron chi connectivity index (χ0n) is 14.8. The second-order valence-electron chi connectivity index (χ2n) is 7.70. The standard InChI is InChI=1S/C19H20F3N3O2/c1-27-15-4-5-23-7-13(15)6-18(26)9-17(10-18)11-25(12-17)14-2-3-16(24-8-14)19(20,21)22/h2-5,7-8,26H,6,9-12H2,1H3. The molecule has 2 aromatic rings. The number of methoxy groups -OCH3 is 1. The fourth-order valence-corrected chi connectivity index (χ4v) is 4.48. The zero-order chi connectivity index (χ0) is 19.3. The highest BCUT2D eigenvalue weighted by molar-refractivity contribution is 5.50. The van der Waals surface area contributed by atoms with E-state index in [-0.39, 0.29) is 5.41 Å². The molecular weight excluding hydrogens is 359 g/mol. The number of nitrogens with zero attached hydrogens (tertiary/aromatic N) is 3. The fraction of sp³-hybridized carbons (Fsp3) is 0.474. The number of aliphatic hydroxyl groups is 1. The Morgan fingerprint density at radius 1 is 1.19 bits per heavy atom. The van der Waals surface area contributed by atoms with Gasteiger partial charge in [-0.25, -0.2) is 4.98 Å². The molecule has 0 atom stereocenters. The number of hydrogen-bond donors (Lipinski definition) is 1. The molecule has 2 fully saturated rings. The molecule has 0 amide bonds. The van der Waals surface area contributed by atoms with Crippen LogP contribution in [-0.2, 0) is 12.6 Å². The van der Waals surface area contributed by atoms with Gasteiger partial charge in [0.15, 0.2) is 0 Å². The molecule has 2 aliphatic rings. The van der Waals surface area contributed by atoms with Crippen molar-refractivity contribution in [3.05, 3.63) is 48.0 Å². The van der Waals surface area contributed by atoms with Crippen LogP contribution in [-0.4, -0.2) is 40.9 Å². The number of alkyl halides is 3. The van der Waals surface area contributed by atoms with Crippen molar-refractivity contribution in [3.8, 4) is 5.75 Å². The first-order valence-electron chi connectivity index (χ1n) is 8.70. The smallest absolute Gasteiger partial charge is 0.433 e. The van der Waals surface area contributed by atoms with Gasteiger partial charge in [0, 0.05) is 42.9 Å². The first kappa shape index (κ1) is 18.0. The first-order valence-corrected chi connectivity index (χ1v) is 8.70. The maximum absolute atomic E-state index is 12.6. The van der Waals surface area contributed by atoms with E-state index in [1.807, 2.05) is 4.90 Å². The summed E-state index contributed by atoms with van der Waals surface area (Å²) in [5.74, 6) is 0.713. The number of ether oxygens (including phenoxy) is 1. The molecule has 3 heterocycles. The summed E-state index contributed by atoms with van der Waals surface area (Å²) in [4.78, 5) is 9.60. The summed E-state index contributed by atoms with van der Waals surface area (Å²) in [6, 6.07) is 4.23. The molecule has 0 bridgehead atoms. The van der Waals surface area contributed by atoms with E-state index in [0.717, 1.165) is 11.6 Å². The molecule has 2 aromatic heterocycles. The van der Waals surface area contributed by atoms with Crippen molar-refractivity contribution < 1.29 is 23.0 Å². The van der Waals surface area contributed by atoms with Crippen molar-refractivity contribution in [2.24, 2.45) is 5.41 Å². The van der Waals surface area contributed by atoms with Gasteiger partial charge in [-0.2, -0.15) is 13.2 Å². The number of rotatable bonds is 4. The average molecular weight is 379 g/mol. The van der Waals surface area contributed by atoms with Crippen molar-refractivity contribution in [3.63, 3.8) is 0 Å². The molecule has 1 saturated carbocycles. The van der Waals surface area contributed by atoms with Crippen LogP contribution in [0.2, 0.25) is 0 Å². The zero-order valence-corrected chi connectivity index (χ0v) is 14.8. The third kappa shape index (κ3) is 3.34. The SMILES string of the molecule is COc1ccncc1CC1(O)CC2(CN(c3ccc(C(F)(F)F)nc3)C2)C1. The Balaban J connectivity index is 1.35. The molecule has 144 valence electrons. The Hall–Kier alpha value is -2.35. The summed E-state index contributed by atoms with van der Waals surface area (Å²) in [6.45, 7) is 1.43. The van der Waals surface area contributed by atoms with Crippen LogP contribution in [0.3, 0.4) is 0 Å². The number of halogens is 3. The van der Waals surface area contributed by atoms with E-state index in [1.165, 1.54) is 12.3 Å². The van der Waals surface area contributed by atoms with E-state index in [2.05, 4.69) is 9.97 Å². The van der Waals surface area contributed by atoms with E-state index in [9.17, 15) is 18.3 Å². The Labute approximate surface area is 154 Å². The van der Waals surface area contributed by atoms with Gasteiger partial charge in [-0.3, -0.25) is 4.98 Å². The summed E-state index contributed by atoms with van der Waals surface area (Å²) in [6.07, 6.45) is 1.99. The Morgan fingerprint density at radius 3 is 2.52 bits per heavy atom. The summed E-state index contributed by atoms with van der Waals surface area (Å²) in [5.41, 5.74) is -0.100. The van der Waals surface area contributed by atoms with Gasteiger partial charge in [0.05, 0.1) is 24.6 Å². The molecule has 0 radical (unpaired) electrons. The molecule has 8 heteroatoms. The highest BCUT2D eigenvalue weighted by Gasteiger charge is 2.59. The quantitative estimate of drug-likeness (QED) is 0.885. The minimum Gasteiger partial charge on any atom is -0.496 e. The molecule has 1 aliphatic heterocycles. The van der Waals surface area contributed by atoms with Crippen LogP contribution in [0.15, 0.2) is 36.8 Å². The van der Waals surface area contributed by atoms with Crippen molar-refractivity contribution in [1.82, 2.24) is 9.97 Å². The second kappa shape index (κ2) is 6.09. The molecule has 0 aromatic carbocycles. The second-order valence-corrected chi connectivity index (χ2v) is 7.70. The van der Waals surface area contributed by atoms with Crippen molar-refractivity contribution in [1.29, 1.82) is 0 Å². The van der Waals surface area contributed by atoms with Crippen LogP contribution in [0.25, 0.3) is 0 Å². The predicted octanol–water partition coefficient (Wildman–Crippen LogP) is 3.08. The van der Waals surface area contributed by atoms with Gasteiger partial charge in [-0.1, -0.05) is 0 Å². The van der Waals surface area contributed by atoms with Crippen LogP contribution < -0.4 is 9.64 Å². The highest BCUT2D eigenvalue weighted by Crippen LogP contribution is 2.56. The van der Waals surface area contributed by atoms with Crippen LogP contribution in [0.5, 0.6) is 5.75 Å². The van der Waals surface area contributed by atoms with Crippen LogP contribution in [0.4, 0.5) is 18.9 Å². The van der Waals surface area contributed by atoms with Gasteiger partial charge < -0.3 is 14.7 Å². The van der Waals surface area contributed by atoms with Gasteiger partial charge in [0.25, 0.3) is 0 Å². The van der Waals surface area contributed by atoms with Crippen molar-refractivity contribution >= 4 is 5.69 Å². The number of pyridine rings is 2. The van der Waals surface area contributed by atoms with E-state index >= 15 is 0 Å². The van der Waals surface area contributed by atoms with Crippen molar-refractivity contribution in [2.75, 3.05) is 25.1 Å². The molecule has 4 rings (SSSR count). The molecular formula is C19H20F3N3O2. The summed E-state index contributed by atoms with van der Waals surface area (Å²) < 4.78 is 43.1. The fourth-order valence-electron chi connectivity index (χ4n) is 4.48. The Morgan fingerprint density at radius 2 is 1.93 bits per heavy atom. The van der Waals surface area contributed by atoms with Gasteiger partial charge in [-0.15, -0.1) is 0 Å². The number of anilines is 1. The molecule has 1 aliphatic carbocycles. The summed E-state index contributed by atoms with van der Waals surface area (Å²) in [5, 5.41) is 10.8. The molecule has 0 unspecified atom stereocenters. The molecule has 27 heavy (non-hydrogen) atoms. The number of hydrogen-bond acceptors (Lipinski definition) is 5.